The zero-order chi connectivity index (χ0) is 8.43. The molecule has 1 rings (SSSR count). The van der Waals surface area contributed by atoms with Gasteiger partial charge in [0.2, 0.25) is 0 Å². The molecule has 4 nitrogen and oxygen atoms in total. The fourth-order valence-electron chi connectivity index (χ4n) is 0.885. The smallest absolute Gasteiger partial charge is 0.323 e. The largest absolute Gasteiger partial charge is 0.340 e. The van der Waals surface area contributed by atoms with Gasteiger partial charge in [-0.15, -0.1) is 0 Å². The van der Waals surface area contributed by atoms with E-state index in [-0.39, 0.29) is 18.4 Å². The van der Waals surface area contributed by atoms with Gasteiger partial charge < -0.3 is 10.6 Å². The highest BCUT2D eigenvalue weighted by molar-refractivity contribution is 6.04. The second-order valence-corrected chi connectivity index (χ2v) is 2.99. The number of carbonyl (C=O) groups excluding carboxylic acids is 1. The Labute approximate surface area is 65.4 Å². The summed E-state index contributed by atoms with van der Waals surface area (Å²) in [6.07, 6.45) is 0.249. The van der Waals surface area contributed by atoms with Crippen LogP contribution in [0.15, 0.2) is 5.16 Å². The molecule has 0 aromatic rings. The molecule has 2 N–H and O–H groups in total. The van der Waals surface area contributed by atoms with Gasteiger partial charge in [0, 0.05) is 6.04 Å². The minimum absolute atomic E-state index is 0.151. The second kappa shape index (κ2) is 3.00. The zero-order valence-corrected chi connectivity index (χ0v) is 6.70. The van der Waals surface area contributed by atoms with E-state index in [0.717, 1.165) is 0 Å². The van der Waals surface area contributed by atoms with E-state index in [9.17, 15) is 4.79 Å². The standard InChI is InChI=1S/C7H12N2O2/c1-4(2)7(8)5-3-6(10)11-9-5/h4,7H,3,8H2,1-2H3. The van der Waals surface area contributed by atoms with Crippen LogP contribution in [-0.4, -0.2) is 17.7 Å². The Bertz CT molecular complexity index is 199. The third-order valence-electron chi connectivity index (χ3n) is 1.69. The molecule has 62 valence electrons. The molecular formula is C7H12N2O2. The maximum absolute atomic E-state index is 10.6. The molecule has 1 atom stereocenters. The average molecular weight is 156 g/mol. The van der Waals surface area contributed by atoms with Gasteiger partial charge in [-0.1, -0.05) is 19.0 Å². The first kappa shape index (κ1) is 8.20. The van der Waals surface area contributed by atoms with Crippen LogP contribution in [0.2, 0.25) is 0 Å². The summed E-state index contributed by atoms with van der Waals surface area (Å²) in [6.45, 7) is 3.96. The van der Waals surface area contributed by atoms with Gasteiger partial charge in [-0.2, -0.15) is 0 Å². The lowest BCUT2D eigenvalue weighted by Crippen LogP contribution is -2.34. The molecule has 1 unspecified atom stereocenters. The number of carbonyl (C=O) groups is 1. The molecule has 4 heteroatoms. The molecule has 0 saturated carbocycles. The number of hydrogen-bond acceptors (Lipinski definition) is 4. The first-order valence-electron chi connectivity index (χ1n) is 3.63. The molecule has 0 radical (unpaired) electrons. The van der Waals surface area contributed by atoms with E-state index in [1.54, 1.807) is 0 Å². The molecule has 0 spiro atoms. The number of hydrogen-bond donors (Lipinski definition) is 1. The van der Waals surface area contributed by atoms with Crippen LogP contribution in [0, 0.1) is 5.92 Å². The summed E-state index contributed by atoms with van der Waals surface area (Å²) in [4.78, 5) is 15.0. The molecule has 0 saturated heterocycles. The van der Waals surface area contributed by atoms with Crippen LogP contribution >= 0.6 is 0 Å². The van der Waals surface area contributed by atoms with E-state index >= 15 is 0 Å². The van der Waals surface area contributed by atoms with Gasteiger partial charge in [0.25, 0.3) is 0 Å². The second-order valence-electron chi connectivity index (χ2n) is 2.99. The van der Waals surface area contributed by atoms with E-state index in [0.29, 0.717) is 11.6 Å². The monoisotopic (exact) mass is 156 g/mol. The van der Waals surface area contributed by atoms with Crippen molar-refractivity contribution in [3.05, 3.63) is 0 Å². The van der Waals surface area contributed by atoms with Crippen LogP contribution in [0.1, 0.15) is 20.3 Å². The van der Waals surface area contributed by atoms with Gasteiger partial charge in [-0.25, -0.2) is 4.79 Å². The Morgan fingerprint density at radius 1 is 1.64 bits per heavy atom. The third kappa shape index (κ3) is 1.77. The maximum Gasteiger partial charge on any atom is 0.340 e. The zero-order valence-electron chi connectivity index (χ0n) is 6.70. The minimum atomic E-state index is -0.309. The van der Waals surface area contributed by atoms with Gasteiger partial charge in [0.1, 0.15) is 0 Å². The lowest BCUT2D eigenvalue weighted by atomic mass is 9.99. The predicted molar refractivity (Wildman–Crippen MR) is 41.0 cm³/mol. The molecule has 0 aromatic carbocycles. The first-order valence-corrected chi connectivity index (χ1v) is 3.63. The molecule has 0 bridgehead atoms. The molecule has 0 aliphatic carbocycles. The highest BCUT2D eigenvalue weighted by Gasteiger charge is 2.24. The van der Waals surface area contributed by atoms with E-state index in [1.165, 1.54) is 0 Å². The first-order chi connectivity index (χ1) is 5.11. The van der Waals surface area contributed by atoms with Crippen molar-refractivity contribution in [3.8, 4) is 0 Å². The van der Waals surface area contributed by atoms with Crippen molar-refractivity contribution in [1.29, 1.82) is 0 Å². The summed E-state index contributed by atoms with van der Waals surface area (Å²) in [7, 11) is 0. The van der Waals surface area contributed by atoms with Crippen molar-refractivity contribution < 1.29 is 9.63 Å². The van der Waals surface area contributed by atoms with Crippen molar-refractivity contribution in [3.63, 3.8) is 0 Å². The van der Waals surface area contributed by atoms with E-state index in [2.05, 4.69) is 9.99 Å². The minimum Gasteiger partial charge on any atom is -0.323 e. The van der Waals surface area contributed by atoms with Crippen LogP contribution in [0.4, 0.5) is 0 Å². The molecule has 0 aromatic heterocycles. The van der Waals surface area contributed by atoms with Crippen molar-refractivity contribution in [2.75, 3.05) is 0 Å². The molecule has 11 heavy (non-hydrogen) atoms. The summed E-state index contributed by atoms with van der Waals surface area (Å²) >= 11 is 0. The number of nitrogens with zero attached hydrogens (tertiary/aromatic N) is 1. The Morgan fingerprint density at radius 3 is 2.64 bits per heavy atom. The number of oxime groups is 1. The van der Waals surface area contributed by atoms with Crippen molar-refractivity contribution in [1.82, 2.24) is 0 Å². The van der Waals surface area contributed by atoms with Gasteiger partial charge in [-0.05, 0) is 5.92 Å². The van der Waals surface area contributed by atoms with Crippen LogP contribution in [0.25, 0.3) is 0 Å². The van der Waals surface area contributed by atoms with Crippen molar-refractivity contribution in [2.24, 2.45) is 16.8 Å². The van der Waals surface area contributed by atoms with Gasteiger partial charge in [0.05, 0.1) is 12.1 Å². The average Bonchev–Trinajstić information content (AvgIpc) is 2.34. The van der Waals surface area contributed by atoms with Crippen LogP contribution in [0.5, 0.6) is 0 Å². The predicted octanol–water partition coefficient (Wildman–Crippen LogP) is 0.273. The molecular weight excluding hydrogens is 144 g/mol. The van der Waals surface area contributed by atoms with E-state index < -0.39 is 0 Å². The van der Waals surface area contributed by atoms with Crippen molar-refractivity contribution in [2.45, 2.75) is 26.3 Å². The van der Waals surface area contributed by atoms with Crippen LogP contribution < -0.4 is 5.73 Å². The van der Waals surface area contributed by atoms with E-state index in [1.807, 2.05) is 13.8 Å². The highest BCUT2D eigenvalue weighted by atomic mass is 16.7. The highest BCUT2D eigenvalue weighted by Crippen LogP contribution is 2.10. The topological polar surface area (TPSA) is 64.7 Å². The lowest BCUT2D eigenvalue weighted by Gasteiger charge is -2.12. The number of rotatable bonds is 2. The van der Waals surface area contributed by atoms with Crippen LogP contribution in [0.3, 0.4) is 0 Å². The lowest BCUT2D eigenvalue weighted by molar-refractivity contribution is -0.140. The van der Waals surface area contributed by atoms with Gasteiger partial charge in [-0.3, -0.25) is 0 Å². The number of nitrogens with two attached hydrogens (primary N) is 1. The van der Waals surface area contributed by atoms with E-state index in [4.69, 9.17) is 5.73 Å². The Hall–Kier alpha value is -0.900. The third-order valence-corrected chi connectivity index (χ3v) is 1.69. The Kier molecular flexibility index (Phi) is 2.24. The molecule has 1 heterocycles. The molecule has 1 aliphatic rings. The van der Waals surface area contributed by atoms with Crippen LogP contribution in [-0.2, 0) is 9.63 Å². The summed E-state index contributed by atoms with van der Waals surface area (Å²) < 4.78 is 0. The Balaban J connectivity index is 2.55. The summed E-state index contributed by atoms with van der Waals surface area (Å²) in [6, 6.07) is -0.151. The normalized spacial score (nSPS) is 20.0. The summed E-state index contributed by atoms with van der Waals surface area (Å²) in [5, 5.41) is 3.58. The van der Waals surface area contributed by atoms with Gasteiger partial charge in [0.15, 0.2) is 0 Å². The van der Waals surface area contributed by atoms with Gasteiger partial charge >= 0.3 is 5.97 Å². The SMILES string of the molecule is CC(C)C(N)C1=NOC(=O)C1. The Morgan fingerprint density at radius 2 is 2.27 bits per heavy atom. The quantitative estimate of drug-likeness (QED) is 0.584. The molecule has 0 fully saturated rings. The fraction of sp³-hybridized carbons (Fsp3) is 0.714. The molecule has 1 aliphatic heterocycles. The molecule has 0 amide bonds. The van der Waals surface area contributed by atoms with Crippen molar-refractivity contribution >= 4 is 11.7 Å². The summed E-state index contributed by atoms with van der Waals surface area (Å²) in [5.74, 6) is -0.0145. The maximum atomic E-state index is 10.6. The summed E-state index contributed by atoms with van der Waals surface area (Å²) in [5.41, 5.74) is 6.38. The fourth-order valence-corrected chi connectivity index (χ4v) is 0.885.